The molecule has 0 aliphatic carbocycles. The number of guanidine groups is 1. The molecule has 57 heavy (non-hydrogen) atoms. The van der Waals surface area contributed by atoms with Gasteiger partial charge in [0.05, 0.1) is 12.6 Å². The Kier molecular flexibility index (Phi) is 17.9. The standard InChI is InChI=1S/C36H50N10O9S2/c1-36(2)29(46-30(51)23(37)15-21-10-12-22(47)13-11-21)34(55)41-17-27(48)43-25(16-20-7-4-3-5-8-20)32(53)45-26(19-56-57-36)33(54)44-24(9-6-14-40-35(38)39)31(52)42-18-28(49)50/h3-5,7-8,10-13,23-26,29,47H,6,9,14-19,37H2,1-2H3,(H,41,55)(H,42,52)(H,43,48)(H,44,54)(H,45,53)(H,46,51)(H,49,50)(H4,38,39,40)/t23-,24-,25?,26?,29-/m0/s1. The Morgan fingerprint density at radius 3 is 2.30 bits per heavy atom. The van der Waals surface area contributed by atoms with Gasteiger partial charge in [0.15, 0.2) is 5.96 Å². The van der Waals surface area contributed by atoms with Crippen LogP contribution in [0.3, 0.4) is 0 Å². The van der Waals surface area contributed by atoms with Gasteiger partial charge in [0.1, 0.15) is 36.5 Å². The number of aliphatic carboxylic acids is 1. The van der Waals surface area contributed by atoms with Crippen molar-refractivity contribution in [2.75, 3.05) is 25.4 Å². The van der Waals surface area contributed by atoms with Gasteiger partial charge in [-0.05, 0) is 56.4 Å². The van der Waals surface area contributed by atoms with Crippen molar-refractivity contribution in [3.05, 3.63) is 65.7 Å². The molecule has 0 bridgehead atoms. The highest BCUT2D eigenvalue weighted by molar-refractivity contribution is 8.77. The molecule has 2 unspecified atom stereocenters. The zero-order valence-corrected chi connectivity index (χ0v) is 33.1. The highest BCUT2D eigenvalue weighted by Gasteiger charge is 2.40. The Morgan fingerprint density at radius 1 is 0.965 bits per heavy atom. The molecule has 310 valence electrons. The van der Waals surface area contributed by atoms with Gasteiger partial charge < -0.3 is 59.3 Å². The van der Waals surface area contributed by atoms with Crippen molar-refractivity contribution in [1.82, 2.24) is 31.9 Å². The van der Waals surface area contributed by atoms with Crippen molar-refractivity contribution < 1.29 is 43.8 Å². The maximum atomic E-state index is 13.9. The van der Waals surface area contributed by atoms with E-state index < -0.39 is 89.5 Å². The van der Waals surface area contributed by atoms with Crippen LogP contribution in [0.25, 0.3) is 0 Å². The van der Waals surface area contributed by atoms with Crippen LogP contribution in [-0.2, 0) is 46.4 Å². The van der Waals surface area contributed by atoms with Gasteiger partial charge in [0, 0.05) is 23.5 Å². The van der Waals surface area contributed by atoms with Crippen molar-refractivity contribution in [1.29, 1.82) is 0 Å². The average molecular weight is 831 g/mol. The SMILES string of the molecule is CC1(C)SSCC(C(=O)N[C@@H](CCCN=C(N)N)C(=O)NCC(=O)O)NC(=O)C(Cc2ccccc2)NC(=O)CNC(=O)[C@@H]1NC(=O)[C@@H](N)Cc1ccc(O)cc1. The van der Waals surface area contributed by atoms with Gasteiger partial charge >= 0.3 is 5.97 Å². The van der Waals surface area contributed by atoms with Crippen molar-refractivity contribution in [2.45, 2.75) is 74.5 Å². The summed E-state index contributed by atoms with van der Waals surface area (Å²) in [5.74, 6) is -6.00. The molecule has 5 atom stereocenters. The fraction of sp³-hybridized carbons (Fsp3) is 0.444. The fourth-order valence-electron chi connectivity index (χ4n) is 5.44. The number of nitrogens with zero attached hydrogens (tertiary/aromatic N) is 1. The number of nitrogens with two attached hydrogens (primary N) is 3. The van der Waals surface area contributed by atoms with E-state index in [-0.39, 0.29) is 49.7 Å². The number of carbonyl (C=O) groups is 7. The molecule has 1 saturated heterocycles. The van der Waals surface area contributed by atoms with Gasteiger partial charge in [-0.1, -0.05) is 64.1 Å². The van der Waals surface area contributed by atoms with Crippen LogP contribution in [0.4, 0.5) is 0 Å². The lowest BCUT2D eigenvalue weighted by atomic mass is 10.0. The van der Waals surface area contributed by atoms with E-state index in [9.17, 15) is 38.7 Å². The van der Waals surface area contributed by atoms with E-state index in [1.807, 2.05) is 0 Å². The number of phenols is 1. The minimum absolute atomic E-state index is 0.00161. The smallest absolute Gasteiger partial charge is 0.322 e. The van der Waals surface area contributed by atoms with Gasteiger partial charge in [-0.2, -0.15) is 0 Å². The summed E-state index contributed by atoms with van der Waals surface area (Å²) in [6.07, 6.45) is 0.325. The number of phenolic OH excluding ortho intramolecular Hbond substituents is 1. The number of hydrogen-bond donors (Lipinski definition) is 11. The van der Waals surface area contributed by atoms with E-state index in [0.717, 1.165) is 21.6 Å². The van der Waals surface area contributed by atoms with Gasteiger partial charge in [-0.15, -0.1) is 0 Å². The lowest BCUT2D eigenvalue weighted by Gasteiger charge is -2.34. The molecule has 19 nitrogen and oxygen atoms in total. The number of benzene rings is 2. The van der Waals surface area contributed by atoms with Crippen molar-refractivity contribution >= 4 is 69.0 Å². The van der Waals surface area contributed by atoms with Crippen LogP contribution in [0.1, 0.15) is 37.8 Å². The maximum Gasteiger partial charge on any atom is 0.322 e. The molecule has 1 aliphatic heterocycles. The summed E-state index contributed by atoms with van der Waals surface area (Å²) in [5.41, 5.74) is 18.3. The minimum Gasteiger partial charge on any atom is -0.508 e. The van der Waals surface area contributed by atoms with Crippen LogP contribution in [-0.4, -0.2) is 118 Å². The molecule has 1 fully saturated rings. The molecule has 0 aromatic heterocycles. The van der Waals surface area contributed by atoms with Gasteiger partial charge in [0.2, 0.25) is 35.4 Å². The zero-order valence-electron chi connectivity index (χ0n) is 31.5. The first-order valence-corrected chi connectivity index (χ1v) is 20.2. The highest BCUT2D eigenvalue weighted by Crippen LogP contribution is 2.39. The second-order valence-corrected chi connectivity index (χ2v) is 16.6. The van der Waals surface area contributed by atoms with Crippen LogP contribution >= 0.6 is 21.6 Å². The maximum absolute atomic E-state index is 13.9. The first-order valence-electron chi connectivity index (χ1n) is 17.9. The lowest BCUT2D eigenvalue weighted by molar-refractivity contribution is -0.138. The largest absolute Gasteiger partial charge is 0.508 e. The van der Waals surface area contributed by atoms with E-state index >= 15 is 0 Å². The summed E-state index contributed by atoms with van der Waals surface area (Å²) >= 11 is 0. The van der Waals surface area contributed by atoms with Crippen LogP contribution in [0.15, 0.2) is 59.6 Å². The molecule has 3 rings (SSSR count). The van der Waals surface area contributed by atoms with E-state index in [4.69, 9.17) is 22.3 Å². The Morgan fingerprint density at radius 2 is 1.65 bits per heavy atom. The fourth-order valence-corrected chi connectivity index (χ4v) is 8.26. The predicted molar refractivity (Wildman–Crippen MR) is 215 cm³/mol. The molecule has 6 amide bonds. The third kappa shape index (κ3) is 15.9. The number of carboxylic acid groups (broad SMARTS) is 1. The van der Waals surface area contributed by atoms with Crippen molar-refractivity contribution in [3.63, 3.8) is 0 Å². The molecule has 2 aromatic rings. The molecule has 1 aliphatic rings. The summed E-state index contributed by atoms with van der Waals surface area (Å²) in [6.45, 7) is 2.16. The summed E-state index contributed by atoms with van der Waals surface area (Å²) in [4.78, 5) is 96.1. The number of aromatic hydroxyl groups is 1. The normalized spacial score (nSPS) is 19.8. The quantitative estimate of drug-likeness (QED) is 0.0400. The number of carbonyl (C=O) groups excluding carboxylic acids is 6. The molecular formula is C36H50N10O9S2. The molecule has 14 N–H and O–H groups in total. The first-order chi connectivity index (χ1) is 26.9. The number of nitrogens with one attached hydrogen (secondary N) is 6. The molecule has 0 radical (unpaired) electrons. The summed E-state index contributed by atoms with van der Waals surface area (Å²) in [7, 11) is 2.21. The summed E-state index contributed by atoms with van der Waals surface area (Å²) < 4.78 is -1.12. The second kappa shape index (κ2) is 22.3. The molecule has 2 aromatic carbocycles. The summed E-state index contributed by atoms with van der Waals surface area (Å²) in [6, 6.07) is 8.76. The lowest BCUT2D eigenvalue weighted by Crippen LogP contribution is -2.61. The van der Waals surface area contributed by atoms with Gasteiger partial charge in [-0.25, -0.2) is 0 Å². The predicted octanol–water partition coefficient (Wildman–Crippen LogP) is -2.01. The average Bonchev–Trinajstić information content (AvgIpc) is 3.15. The molecule has 0 spiro atoms. The third-order valence-electron chi connectivity index (χ3n) is 8.46. The molecule has 21 heteroatoms. The molecular weight excluding hydrogens is 781 g/mol. The Hall–Kier alpha value is -5.54. The summed E-state index contributed by atoms with van der Waals surface area (Å²) in [5, 5.41) is 34.1. The van der Waals surface area contributed by atoms with Gasteiger partial charge in [0.25, 0.3) is 0 Å². The van der Waals surface area contributed by atoms with Gasteiger partial charge in [-0.3, -0.25) is 38.6 Å². The highest BCUT2D eigenvalue weighted by atomic mass is 33.1. The van der Waals surface area contributed by atoms with E-state index in [0.29, 0.717) is 11.1 Å². The van der Waals surface area contributed by atoms with Crippen LogP contribution < -0.4 is 49.1 Å². The van der Waals surface area contributed by atoms with Crippen molar-refractivity contribution in [2.24, 2.45) is 22.2 Å². The Bertz CT molecular complexity index is 1760. The topological polar surface area (TPSA) is 323 Å². The van der Waals surface area contributed by atoms with Crippen LogP contribution in [0.2, 0.25) is 0 Å². The number of carboxylic acids is 1. The third-order valence-corrected chi connectivity index (χ3v) is 11.8. The number of amides is 6. The zero-order chi connectivity index (χ0) is 42.1. The Balaban J connectivity index is 1.91. The minimum atomic E-state index is -1.32. The number of hydrogen-bond acceptors (Lipinski definition) is 12. The van der Waals surface area contributed by atoms with E-state index in [2.05, 4.69) is 36.9 Å². The first kappa shape index (κ1) is 45.8. The number of rotatable bonds is 15. The van der Waals surface area contributed by atoms with Crippen molar-refractivity contribution in [3.8, 4) is 5.75 Å². The number of aliphatic imine (C=N–C) groups is 1. The van der Waals surface area contributed by atoms with Crippen LogP contribution in [0, 0.1) is 0 Å². The molecule has 1 heterocycles. The second-order valence-electron chi connectivity index (χ2n) is 13.6. The molecule has 0 saturated carbocycles. The van der Waals surface area contributed by atoms with E-state index in [1.54, 1.807) is 56.3 Å². The van der Waals surface area contributed by atoms with E-state index in [1.165, 1.54) is 12.1 Å². The van der Waals surface area contributed by atoms with Crippen LogP contribution in [0.5, 0.6) is 5.75 Å². The Labute approximate surface area is 337 Å². The monoisotopic (exact) mass is 830 g/mol.